The molecule has 1 heterocycles. The third-order valence-corrected chi connectivity index (χ3v) is 5.62. The largest absolute Gasteiger partial charge is 0.349 e. The van der Waals surface area contributed by atoms with Crippen LogP contribution < -0.4 is 5.32 Å². The zero-order chi connectivity index (χ0) is 16.1. The second-order valence-corrected chi connectivity index (χ2v) is 7.37. The van der Waals surface area contributed by atoms with Crippen molar-refractivity contribution < 1.29 is 4.79 Å². The lowest BCUT2D eigenvalue weighted by Gasteiger charge is -2.37. The predicted molar refractivity (Wildman–Crippen MR) is 95.0 cm³/mol. The molecule has 23 heavy (non-hydrogen) atoms. The van der Waals surface area contributed by atoms with Gasteiger partial charge in [-0.15, -0.1) is 0 Å². The lowest BCUT2D eigenvalue weighted by atomic mass is 9.83. The highest BCUT2D eigenvalue weighted by molar-refractivity contribution is 6.33. The van der Waals surface area contributed by atoms with Gasteiger partial charge in [-0.1, -0.05) is 43.0 Å². The van der Waals surface area contributed by atoms with E-state index in [0.717, 1.165) is 13.0 Å². The van der Waals surface area contributed by atoms with Crippen LogP contribution in [0.3, 0.4) is 0 Å². The Hall–Kier alpha value is -1.06. The van der Waals surface area contributed by atoms with Crippen LogP contribution in [0.5, 0.6) is 0 Å². The number of hydrogen-bond donors (Lipinski definition) is 1. The third kappa shape index (κ3) is 4.48. The van der Waals surface area contributed by atoms with E-state index in [-0.39, 0.29) is 11.9 Å². The molecule has 2 fully saturated rings. The number of nitrogens with one attached hydrogen (secondary N) is 1. The Morgan fingerprint density at radius 1 is 1.09 bits per heavy atom. The van der Waals surface area contributed by atoms with E-state index < -0.39 is 0 Å². The van der Waals surface area contributed by atoms with Crippen LogP contribution >= 0.6 is 11.6 Å². The topological polar surface area (TPSA) is 32.3 Å². The van der Waals surface area contributed by atoms with Crippen LogP contribution in [0.1, 0.15) is 55.3 Å². The van der Waals surface area contributed by atoms with Crippen molar-refractivity contribution in [1.82, 2.24) is 10.2 Å². The van der Waals surface area contributed by atoms with Gasteiger partial charge in [0.25, 0.3) is 5.91 Å². The van der Waals surface area contributed by atoms with Crippen molar-refractivity contribution in [2.24, 2.45) is 5.92 Å². The van der Waals surface area contributed by atoms with E-state index in [1.165, 1.54) is 51.6 Å². The fraction of sp³-hybridized carbons (Fsp3) is 0.632. The van der Waals surface area contributed by atoms with E-state index >= 15 is 0 Å². The number of halogens is 1. The Morgan fingerprint density at radius 2 is 1.83 bits per heavy atom. The van der Waals surface area contributed by atoms with E-state index in [0.29, 0.717) is 16.5 Å². The first kappa shape index (κ1) is 16.8. The molecule has 1 aliphatic heterocycles. The first-order valence-corrected chi connectivity index (χ1v) is 9.39. The van der Waals surface area contributed by atoms with E-state index in [1.54, 1.807) is 12.1 Å². The van der Waals surface area contributed by atoms with Crippen LogP contribution in [0.25, 0.3) is 0 Å². The van der Waals surface area contributed by atoms with Gasteiger partial charge in [0.2, 0.25) is 0 Å². The molecule has 0 unspecified atom stereocenters. The van der Waals surface area contributed by atoms with Crippen molar-refractivity contribution >= 4 is 17.5 Å². The van der Waals surface area contributed by atoms with E-state index in [9.17, 15) is 4.79 Å². The zero-order valence-electron chi connectivity index (χ0n) is 13.8. The number of carbonyl (C=O) groups is 1. The molecule has 1 amide bonds. The number of amides is 1. The van der Waals surface area contributed by atoms with E-state index in [2.05, 4.69) is 10.2 Å². The number of hydrogen-bond acceptors (Lipinski definition) is 2. The highest BCUT2D eigenvalue weighted by Crippen LogP contribution is 2.27. The number of piperidine rings is 1. The maximum atomic E-state index is 12.6. The molecule has 2 aliphatic rings. The van der Waals surface area contributed by atoms with Crippen LogP contribution in [0, 0.1) is 5.92 Å². The minimum Gasteiger partial charge on any atom is -0.349 e. The molecule has 126 valence electrons. The Morgan fingerprint density at radius 3 is 2.61 bits per heavy atom. The quantitative estimate of drug-likeness (QED) is 0.898. The molecule has 0 radical (unpaired) electrons. The van der Waals surface area contributed by atoms with Gasteiger partial charge in [0.15, 0.2) is 0 Å². The smallest absolute Gasteiger partial charge is 0.253 e. The van der Waals surface area contributed by atoms with Gasteiger partial charge in [0.05, 0.1) is 10.6 Å². The summed E-state index contributed by atoms with van der Waals surface area (Å²) in [4.78, 5) is 15.2. The van der Waals surface area contributed by atoms with Crippen LogP contribution in [-0.4, -0.2) is 36.5 Å². The SMILES string of the molecule is O=C(N[C@@H]1CCCC[C@H]1CN1CCCCC1)c1ccccc1Cl. The van der Waals surface area contributed by atoms with Crippen molar-refractivity contribution in [1.29, 1.82) is 0 Å². The van der Waals surface area contributed by atoms with Gasteiger partial charge in [-0.2, -0.15) is 0 Å². The summed E-state index contributed by atoms with van der Waals surface area (Å²) >= 11 is 6.16. The normalized spacial score (nSPS) is 26.0. The maximum absolute atomic E-state index is 12.6. The Labute approximate surface area is 144 Å². The lowest BCUT2D eigenvalue weighted by molar-refractivity contribution is 0.0877. The molecule has 4 heteroatoms. The van der Waals surface area contributed by atoms with Gasteiger partial charge in [0, 0.05) is 12.6 Å². The zero-order valence-corrected chi connectivity index (χ0v) is 14.5. The van der Waals surface area contributed by atoms with Crippen LogP contribution in [0.2, 0.25) is 5.02 Å². The highest BCUT2D eigenvalue weighted by Gasteiger charge is 2.29. The predicted octanol–water partition coefficient (Wildman–Crippen LogP) is 4.11. The van der Waals surface area contributed by atoms with Crippen LogP contribution in [-0.2, 0) is 0 Å². The van der Waals surface area contributed by atoms with Crippen molar-refractivity contribution in [2.45, 2.75) is 51.0 Å². The fourth-order valence-electron chi connectivity index (χ4n) is 3.98. The molecule has 3 rings (SSSR count). The third-order valence-electron chi connectivity index (χ3n) is 5.29. The summed E-state index contributed by atoms with van der Waals surface area (Å²) in [6, 6.07) is 7.60. The Bertz CT molecular complexity index is 528. The van der Waals surface area contributed by atoms with Crippen molar-refractivity contribution in [3.8, 4) is 0 Å². The number of rotatable bonds is 4. The number of benzene rings is 1. The molecule has 0 spiro atoms. The first-order valence-electron chi connectivity index (χ1n) is 9.02. The fourth-order valence-corrected chi connectivity index (χ4v) is 4.20. The summed E-state index contributed by atoms with van der Waals surface area (Å²) in [5, 5.41) is 3.80. The van der Waals surface area contributed by atoms with Gasteiger partial charge in [-0.25, -0.2) is 0 Å². The molecule has 1 saturated carbocycles. The molecule has 3 nitrogen and oxygen atoms in total. The number of likely N-dealkylation sites (tertiary alicyclic amines) is 1. The summed E-state index contributed by atoms with van der Waals surface area (Å²) in [5.74, 6) is 0.555. The lowest BCUT2D eigenvalue weighted by Crippen LogP contribution is -2.47. The molecule has 1 aliphatic carbocycles. The van der Waals surface area contributed by atoms with Gasteiger partial charge in [0.1, 0.15) is 0 Å². The molecular weight excluding hydrogens is 308 g/mol. The van der Waals surface area contributed by atoms with Crippen molar-refractivity contribution in [3.05, 3.63) is 34.9 Å². The molecule has 2 atom stereocenters. The number of nitrogens with zero attached hydrogens (tertiary/aromatic N) is 1. The van der Waals surface area contributed by atoms with Crippen LogP contribution in [0.4, 0.5) is 0 Å². The second kappa shape index (κ2) is 8.16. The summed E-state index contributed by atoms with van der Waals surface area (Å²) in [5.41, 5.74) is 0.594. The van der Waals surface area contributed by atoms with Gasteiger partial charge in [-0.3, -0.25) is 4.79 Å². The van der Waals surface area contributed by atoms with Crippen molar-refractivity contribution in [2.75, 3.05) is 19.6 Å². The minimum atomic E-state index is -0.0221. The molecule has 1 aromatic rings. The molecular formula is C19H27ClN2O. The standard InChI is InChI=1S/C19H27ClN2O/c20-17-10-4-3-9-16(17)19(23)21-18-11-5-2-8-15(18)14-22-12-6-1-7-13-22/h3-4,9-10,15,18H,1-2,5-8,11-14H2,(H,21,23)/t15-,18+/m0/s1. The molecule has 0 bridgehead atoms. The monoisotopic (exact) mass is 334 g/mol. The summed E-state index contributed by atoms with van der Waals surface area (Å²) in [6.45, 7) is 3.58. The van der Waals surface area contributed by atoms with Gasteiger partial charge < -0.3 is 10.2 Å². The van der Waals surface area contributed by atoms with Crippen LogP contribution in [0.15, 0.2) is 24.3 Å². The summed E-state index contributed by atoms with van der Waals surface area (Å²) < 4.78 is 0. The number of carbonyl (C=O) groups excluding carboxylic acids is 1. The Kier molecular flexibility index (Phi) is 5.96. The molecule has 1 N–H and O–H groups in total. The van der Waals surface area contributed by atoms with E-state index in [4.69, 9.17) is 11.6 Å². The van der Waals surface area contributed by atoms with E-state index in [1.807, 2.05) is 12.1 Å². The second-order valence-electron chi connectivity index (χ2n) is 6.97. The highest BCUT2D eigenvalue weighted by atomic mass is 35.5. The van der Waals surface area contributed by atoms with Gasteiger partial charge in [-0.05, 0) is 56.8 Å². The molecule has 0 aromatic heterocycles. The van der Waals surface area contributed by atoms with Crippen molar-refractivity contribution in [3.63, 3.8) is 0 Å². The average Bonchev–Trinajstić information content (AvgIpc) is 2.58. The summed E-state index contributed by atoms with van der Waals surface area (Å²) in [6.07, 6.45) is 8.83. The minimum absolute atomic E-state index is 0.0221. The molecule has 1 saturated heterocycles. The average molecular weight is 335 g/mol. The maximum Gasteiger partial charge on any atom is 0.253 e. The first-order chi connectivity index (χ1) is 11.2. The Balaban J connectivity index is 1.62. The van der Waals surface area contributed by atoms with Gasteiger partial charge >= 0.3 is 0 Å². The molecule has 1 aromatic carbocycles. The summed E-state index contributed by atoms with van der Waals surface area (Å²) in [7, 11) is 0.